The molecule has 0 unspecified atom stereocenters. The minimum atomic E-state index is -3.54. The highest BCUT2D eigenvalue weighted by Crippen LogP contribution is 2.25. The normalized spacial score (nSPS) is 17.5. The van der Waals surface area contributed by atoms with E-state index < -0.39 is 15.9 Å². The van der Waals surface area contributed by atoms with Crippen LogP contribution < -0.4 is 10.3 Å². The molecule has 0 aliphatic carbocycles. The van der Waals surface area contributed by atoms with Gasteiger partial charge in [-0.05, 0) is 30.4 Å². The Labute approximate surface area is 162 Å². The molecule has 146 valence electrons. The summed E-state index contributed by atoms with van der Waals surface area (Å²) in [5.41, 5.74) is 2.56. The predicted molar refractivity (Wildman–Crippen MR) is 103 cm³/mol. The summed E-state index contributed by atoms with van der Waals surface area (Å²) >= 11 is 1.39. The van der Waals surface area contributed by atoms with Gasteiger partial charge < -0.3 is 9.80 Å². The molecule has 10 heteroatoms. The number of allylic oxidation sites excluding steroid dienone is 1. The molecule has 2 N–H and O–H groups in total. The number of carbonyl (C=O) groups is 2. The van der Waals surface area contributed by atoms with Crippen LogP contribution in [0.25, 0.3) is 0 Å². The smallest absolute Gasteiger partial charge is 0.263 e. The summed E-state index contributed by atoms with van der Waals surface area (Å²) in [5, 5.41) is 1.85. The van der Waals surface area contributed by atoms with E-state index in [0.717, 1.165) is 38.0 Å². The first-order valence-corrected chi connectivity index (χ1v) is 11.4. The lowest BCUT2D eigenvalue weighted by Crippen LogP contribution is -2.43. The molecule has 8 nitrogen and oxygen atoms in total. The Bertz CT molecular complexity index is 869. The average molecular weight is 411 g/mol. The van der Waals surface area contributed by atoms with Crippen LogP contribution in [-0.2, 0) is 14.8 Å². The van der Waals surface area contributed by atoms with E-state index in [1.54, 1.807) is 17.2 Å². The van der Waals surface area contributed by atoms with Crippen molar-refractivity contribution in [2.45, 2.75) is 19.3 Å². The lowest BCUT2D eigenvalue weighted by atomic mass is 10.1. The Kier molecular flexibility index (Phi) is 5.98. The fraction of sp³-hybridized carbons (Fsp3) is 0.412. The summed E-state index contributed by atoms with van der Waals surface area (Å²) in [7, 11) is -3.54. The summed E-state index contributed by atoms with van der Waals surface area (Å²) in [6.07, 6.45) is 7.08. The van der Waals surface area contributed by atoms with Crippen molar-refractivity contribution in [3.05, 3.63) is 46.1 Å². The van der Waals surface area contributed by atoms with Gasteiger partial charge in [-0.3, -0.25) is 15.0 Å². The molecule has 0 saturated carbocycles. The summed E-state index contributed by atoms with van der Waals surface area (Å²) < 4.78 is 22.3. The second-order valence-corrected chi connectivity index (χ2v) is 9.17. The molecule has 0 bridgehead atoms. The van der Waals surface area contributed by atoms with Gasteiger partial charge in [-0.2, -0.15) is 0 Å². The van der Waals surface area contributed by atoms with Gasteiger partial charge in [-0.25, -0.2) is 8.42 Å². The monoisotopic (exact) mass is 410 g/mol. The molecule has 1 fully saturated rings. The minimum absolute atomic E-state index is 0.0257. The van der Waals surface area contributed by atoms with Gasteiger partial charge in [0, 0.05) is 31.3 Å². The number of amides is 1. The number of nitrogens with one attached hydrogen (secondary N) is 2. The molecule has 3 heterocycles. The van der Waals surface area contributed by atoms with Crippen molar-refractivity contribution >= 4 is 33.1 Å². The maximum Gasteiger partial charge on any atom is 0.263 e. The van der Waals surface area contributed by atoms with E-state index in [4.69, 9.17) is 0 Å². The number of likely N-dealkylation sites (tertiary alicyclic amines) is 1. The van der Waals surface area contributed by atoms with E-state index in [1.165, 1.54) is 11.3 Å². The van der Waals surface area contributed by atoms with Crippen LogP contribution in [0.5, 0.6) is 0 Å². The first-order valence-electron chi connectivity index (χ1n) is 8.60. The molecule has 1 saturated heterocycles. The van der Waals surface area contributed by atoms with Crippen LogP contribution in [0.15, 0.2) is 41.2 Å². The van der Waals surface area contributed by atoms with Crippen LogP contribution >= 0.6 is 11.3 Å². The molecule has 1 aromatic rings. The molecule has 0 radical (unpaired) electrons. The van der Waals surface area contributed by atoms with Gasteiger partial charge in [-0.1, -0.05) is 6.07 Å². The molecule has 1 amide bonds. The first kappa shape index (κ1) is 19.6. The summed E-state index contributed by atoms with van der Waals surface area (Å²) in [6.45, 7) is 1.96. The van der Waals surface area contributed by atoms with Crippen LogP contribution in [0, 0.1) is 0 Å². The Morgan fingerprint density at radius 3 is 2.63 bits per heavy atom. The van der Waals surface area contributed by atoms with Crippen LogP contribution in [-0.4, -0.2) is 55.8 Å². The average Bonchev–Trinajstić information content (AvgIpc) is 3.32. The van der Waals surface area contributed by atoms with Crippen molar-refractivity contribution in [2.24, 2.45) is 0 Å². The van der Waals surface area contributed by atoms with Gasteiger partial charge in [0.15, 0.2) is 5.78 Å². The highest BCUT2D eigenvalue weighted by Gasteiger charge is 2.26. The predicted octanol–water partition coefficient (Wildman–Crippen LogP) is 1.04. The van der Waals surface area contributed by atoms with Gasteiger partial charge in [0.05, 0.1) is 17.7 Å². The fourth-order valence-corrected chi connectivity index (χ4v) is 3.98. The highest BCUT2D eigenvalue weighted by atomic mass is 32.2. The summed E-state index contributed by atoms with van der Waals surface area (Å²) in [5.74, 6) is 0.359. The number of carbonyl (C=O) groups excluding carboxylic acids is 2. The number of ketones is 1. The Hall–Kier alpha value is -2.17. The Morgan fingerprint density at radius 2 is 2.00 bits per heavy atom. The molecule has 1 aromatic heterocycles. The number of hydrogen-bond donors (Lipinski definition) is 2. The lowest BCUT2D eigenvalue weighted by molar-refractivity contribution is -0.118. The first-order chi connectivity index (χ1) is 12.8. The van der Waals surface area contributed by atoms with Crippen molar-refractivity contribution in [1.29, 1.82) is 0 Å². The van der Waals surface area contributed by atoms with E-state index in [0.29, 0.717) is 16.9 Å². The molecule has 27 heavy (non-hydrogen) atoms. The minimum Gasteiger partial charge on any atom is -0.358 e. The number of rotatable bonds is 7. The standard InChI is InChI=1S/C17H22N4O4S2/c1-27(24,25)19-18-17(23)13-6-7-16(20-8-2-3-9-20)21(11-13)12-14(22)15-5-4-10-26-15/h4-5,7,10-11,19H,2-3,6,8-9,12H2,1H3,(H,18,23). The number of sulfonamides is 1. The van der Waals surface area contributed by atoms with E-state index in [9.17, 15) is 18.0 Å². The van der Waals surface area contributed by atoms with Crippen molar-refractivity contribution in [3.8, 4) is 0 Å². The SMILES string of the molecule is CS(=O)(=O)NNC(=O)C1=CN(CC(=O)c2cccs2)C(N2CCCC2)=CC1. The quantitative estimate of drug-likeness (QED) is 0.515. The molecule has 2 aliphatic rings. The fourth-order valence-electron chi connectivity index (χ4n) is 3.05. The number of hydrogen-bond acceptors (Lipinski definition) is 7. The van der Waals surface area contributed by atoms with Crippen LogP contribution in [0.4, 0.5) is 0 Å². The number of nitrogens with zero attached hydrogens (tertiary/aromatic N) is 2. The zero-order valence-electron chi connectivity index (χ0n) is 15.0. The second-order valence-electron chi connectivity index (χ2n) is 6.47. The molecule has 0 spiro atoms. The molecular formula is C17H22N4O4S2. The van der Waals surface area contributed by atoms with Gasteiger partial charge in [0.2, 0.25) is 10.0 Å². The van der Waals surface area contributed by atoms with E-state index >= 15 is 0 Å². The third-order valence-corrected chi connectivity index (χ3v) is 5.68. The zero-order chi connectivity index (χ0) is 19.4. The van der Waals surface area contributed by atoms with Crippen LogP contribution in [0.3, 0.4) is 0 Å². The van der Waals surface area contributed by atoms with Crippen LogP contribution in [0.2, 0.25) is 0 Å². The molecule has 2 aliphatic heterocycles. The molecular weight excluding hydrogens is 388 g/mol. The summed E-state index contributed by atoms with van der Waals surface area (Å²) in [6, 6.07) is 3.61. The van der Waals surface area contributed by atoms with Crippen molar-refractivity contribution in [3.63, 3.8) is 0 Å². The second kappa shape index (κ2) is 8.24. The Balaban J connectivity index is 1.76. The van der Waals surface area contributed by atoms with Gasteiger partial charge in [0.1, 0.15) is 5.82 Å². The largest absolute Gasteiger partial charge is 0.358 e. The van der Waals surface area contributed by atoms with Gasteiger partial charge in [-0.15, -0.1) is 16.2 Å². The lowest BCUT2D eigenvalue weighted by Gasteiger charge is -2.33. The van der Waals surface area contributed by atoms with E-state index in [-0.39, 0.29) is 12.3 Å². The van der Waals surface area contributed by atoms with Gasteiger partial charge in [0.25, 0.3) is 5.91 Å². The topological polar surface area (TPSA) is 98.8 Å². The number of Topliss-reactive ketones (excluding diaryl/α,β-unsaturated/α-hetero) is 1. The van der Waals surface area contributed by atoms with Crippen molar-refractivity contribution in [1.82, 2.24) is 20.1 Å². The Morgan fingerprint density at radius 1 is 1.26 bits per heavy atom. The van der Waals surface area contributed by atoms with Crippen molar-refractivity contribution < 1.29 is 18.0 Å². The molecule has 0 atom stereocenters. The third-order valence-electron chi connectivity index (χ3n) is 4.29. The summed E-state index contributed by atoms with van der Waals surface area (Å²) in [4.78, 5) is 31.5. The highest BCUT2D eigenvalue weighted by molar-refractivity contribution is 7.88. The maximum atomic E-state index is 12.6. The van der Waals surface area contributed by atoms with E-state index in [1.807, 2.05) is 22.4 Å². The van der Waals surface area contributed by atoms with Crippen LogP contribution in [0.1, 0.15) is 28.9 Å². The van der Waals surface area contributed by atoms with E-state index in [2.05, 4.69) is 10.3 Å². The maximum absolute atomic E-state index is 12.6. The number of thiophene rings is 1. The molecule has 0 aromatic carbocycles. The third kappa shape index (κ3) is 5.18. The van der Waals surface area contributed by atoms with Gasteiger partial charge >= 0.3 is 0 Å². The molecule has 3 rings (SSSR count). The van der Waals surface area contributed by atoms with Crippen molar-refractivity contribution in [2.75, 3.05) is 25.9 Å². The number of hydrazine groups is 1. The zero-order valence-corrected chi connectivity index (χ0v) is 16.6.